The van der Waals surface area contributed by atoms with Crippen LogP contribution in [0.2, 0.25) is 25.7 Å². The molecule has 78 valence electrons. The summed E-state index contributed by atoms with van der Waals surface area (Å²) >= 11 is 1.96. The van der Waals surface area contributed by atoms with Gasteiger partial charge in [0.2, 0.25) is 0 Å². The van der Waals surface area contributed by atoms with Crippen LogP contribution in [0.1, 0.15) is 0 Å². The van der Waals surface area contributed by atoms with Gasteiger partial charge < -0.3 is 9.47 Å². The number of thioether (sulfide) groups is 1. The van der Waals surface area contributed by atoms with Crippen LogP contribution in [0.3, 0.4) is 0 Å². The van der Waals surface area contributed by atoms with Gasteiger partial charge in [-0.1, -0.05) is 19.6 Å². The molecule has 4 heteroatoms. The van der Waals surface area contributed by atoms with Gasteiger partial charge in [-0.05, 0) is 11.8 Å². The monoisotopic (exact) mass is 220 g/mol. The smallest absolute Gasteiger partial charge is 0.166 e. The van der Waals surface area contributed by atoms with Gasteiger partial charge in [0.05, 0.1) is 13.2 Å². The molecule has 0 aromatic rings. The third kappa shape index (κ3) is 5.73. The highest BCUT2D eigenvalue weighted by atomic mass is 32.2. The van der Waals surface area contributed by atoms with Crippen molar-refractivity contribution in [3.05, 3.63) is 0 Å². The molecule has 0 N–H and O–H groups in total. The van der Waals surface area contributed by atoms with Crippen LogP contribution in [0.5, 0.6) is 0 Å². The molecule has 1 heterocycles. The molecule has 0 saturated carbocycles. The van der Waals surface area contributed by atoms with E-state index in [1.165, 1.54) is 11.8 Å². The lowest BCUT2D eigenvalue weighted by Crippen LogP contribution is -2.20. The lowest BCUT2D eigenvalue weighted by atomic mass is 10.8. The average Bonchev–Trinajstić information content (AvgIpc) is 2.48. The summed E-state index contributed by atoms with van der Waals surface area (Å²) < 4.78 is 10.7. The molecule has 1 aliphatic heterocycles. The average molecular weight is 220 g/mol. The molecular weight excluding hydrogens is 200 g/mol. The van der Waals surface area contributed by atoms with Crippen molar-refractivity contribution in [1.82, 2.24) is 0 Å². The first-order chi connectivity index (χ1) is 6.08. The molecule has 0 bridgehead atoms. The number of ether oxygens (including phenoxy) is 2. The largest absolute Gasteiger partial charge is 0.349 e. The summed E-state index contributed by atoms with van der Waals surface area (Å²) in [5.41, 5.74) is 0. The quantitative estimate of drug-likeness (QED) is 0.524. The van der Waals surface area contributed by atoms with Crippen LogP contribution in [-0.4, -0.2) is 39.1 Å². The van der Waals surface area contributed by atoms with Gasteiger partial charge in [-0.2, -0.15) is 11.8 Å². The fourth-order valence-corrected chi connectivity index (χ4v) is 4.64. The molecule has 0 aromatic heterocycles. The van der Waals surface area contributed by atoms with E-state index in [2.05, 4.69) is 19.6 Å². The number of rotatable bonds is 5. The Morgan fingerprint density at radius 1 is 1.23 bits per heavy atom. The van der Waals surface area contributed by atoms with Gasteiger partial charge in [-0.3, -0.25) is 0 Å². The Balaban J connectivity index is 1.94. The van der Waals surface area contributed by atoms with Crippen molar-refractivity contribution in [3.63, 3.8) is 0 Å². The first-order valence-corrected chi connectivity index (χ1v) is 9.75. The van der Waals surface area contributed by atoms with Crippen molar-refractivity contribution < 1.29 is 9.47 Å². The van der Waals surface area contributed by atoms with Crippen LogP contribution in [-0.2, 0) is 9.47 Å². The second kappa shape index (κ2) is 5.39. The summed E-state index contributed by atoms with van der Waals surface area (Å²) in [4.78, 5) is 0. The van der Waals surface area contributed by atoms with Crippen molar-refractivity contribution in [3.8, 4) is 0 Å². The van der Waals surface area contributed by atoms with Crippen molar-refractivity contribution >= 4 is 19.8 Å². The van der Waals surface area contributed by atoms with Gasteiger partial charge in [-0.15, -0.1) is 0 Å². The third-order valence-electron chi connectivity index (χ3n) is 1.94. The summed E-state index contributed by atoms with van der Waals surface area (Å²) in [5.74, 6) is 2.27. The summed E-state index contributed by atoms with van der Waals surface area (Å²) in [6.45, 7) is 8.79. The molecule has 0 amide bonds. The molecule has 0 aromatic carbocycles. The minimum absolute atomic E-state index is 0.0756. The van der Waals surface area contributed by atoms with Crippen molar-refractivity contribution in [2.45, 2.75) is 32.0 Å². The highest BCUT2D eigenvalue weighted by molar-refractivity contribution is 7.99. The first kappa shape index (κ1) is 11.6. The van der Waals surface area contributed by atoms with E-state index in [0.29, 0.717) is 0 Å². The van der Waals surface area contributed by atoms with Gasteiger partial charge >= 0.3 is 0 Å². The Morgan fingerprint density at radius 2 is 1.85 bits per heavy atom. The van der Waals surface area contributed by atoms with Crippen molar-refractivity contribution in [1.29, 1.82) is 0 Å². The Hall–Kier alpha value is 0.487. The van der Waals surface area contributed by atoms with Gasteiger partial charge in [0.25, 0.3) is 0 Å². The zero-order valence-electron chi connectivity index (χ0n) is 8.84. The molecule has 2 nitrogen and oxygen atoms in total. The molecule has 1 aliphatic rings. The molecule has 1 fully saturated rings. The molecule has 0 unspecified atom stereocenters. The van der Waals surface area contributed by atoms with E-state index in [9.17, 15) is 0 Å². The summed E-state index contributed by atoms with van der Waals surface area (Å²) in [7, 11) is -0.836. The summed E-state index contributed by atoms with van der Waals surface area (Å²) in [5, 5.41) is 0. The second-order valence-corrected chi connectivity index (χ2v) is 11.3. The van der Waals surface area contributed by atoms with Crippen LogP contribution in [0.4, 0.5) is 0 Å². The van der Waals surface area contributed by atoms with Crippen LogP contribution in [0, 0.1) is 0 Å². The first-order valence-electron chi connectivity index (χ1n) is 4.89. The molecule has 13 heavy (non-hydrogen) atoms. The maximum Gasteiger partial charge on any atom is 0.166 e. The molecule has 1 rings (SSSR count). The minimum atomic E-state index is -0.836. The Bertz CT molecular complexity index is 141. The van der Waals surface area contributed by atoms with E-state index in [-0.39, 0.29) is 6.29 Å². The van der Waals surface area contributed by atoms with Gasteiger partial charge in [0, 0.05) is 13.8 Å². The highest BCUT2D eigenvalue weighted by Crippen LogP contribution is 2.16. The predicted octanol–water partition coefficient (Wildman–Crippen LogP) is 2.43. The Morgan fingerprint density at radius 3 is 2.38 bits per heavy atom. The summed E-state index contributed by atoms with van der Waals surface area (Å²) in [6, 6.07) is 1.39. The lowest BCUT2D eigenvalue weighted by Gasteiger charge is -2.15. The zero-order valence-corrected chi connectivity index (χ0v) is 10.7. The van der Waals surface area contributed by atoms with Gasteiger partial charge in [0.15, 0.2) is 6.29 Å². The van der Waals surface area contributed by atoms with E-state index in [1.807, 2.05) is 11.8 Å². The van der Waals surface area contributed by atoms with Crippen molar-refractivity contribution in [2.75, 3.05) is 24.7 Å². The van der Waals surface area contributed by atoms with Crippen LogP contribution < -0.4 is 0 Å². The van der Waals surface area contributed by atoms with Crippen LogP contribution >= 0.6 is 11.8 Å². The third-order valence-corrected chi connectivity index (χ3v) is 5.05. The van der Waals surface area contributed by atoms with E-state index in [1.54, 1.807) is 0 Å². The fourth-order valence-electron chi connectivity index (χ4n) is 1.06. The van der Waals surface area contributed by atoms with Crippen molar-refractivity contribution in [2.24, 2.45) is 0 Å². The fraction of sp³-hybridized carbons (Fsp3) is 1.00. The molecule has 0 atom stereocenters. The lowest BCUT2D eigenvalue weighted by molar-refractivity contribution is -0.0214. The normalized spacial score (nSPS) is 19.6. The molecular formula is C9H20O2SSi. The Labute approximate surface area is 86.4 Å². The topological polar surface area (TPSA) is 18.5 Å². The van der Waals surface area contributed by atoms with Gasteiger partial charge in [0.1, 0.15) is 0 Å². The van der Waals surface area contributed by atoms with Gasteiger partial charge in [-0.25, -0.2) is 0 Å². The molecule has 0 spiro atoms. The van der Waals surface area contributed by atoms with Crippen LogP contribution in [0.25, 0.3) is 0 Å². The molecule has 0 radical (unpaired) electrons. The Kier molecular flexibility index (Phi) is 4.79. The van der Waals surface area contributed by atoms with Crippen LogP contribution in [0.15, 0.2) is 0 Å². The van der Waals surface area contributed by atoms with E-state index in [0.717, 1.165) is 19.0 Å². The number of hydrogen-bond acceptors (Lipinski definition) is 3. The van der Waals surface area contributed by atoms with E-state index < -0.39 is 8.07 Å². The maximum absolute atomic E-state index is 5.35. The highest BCUT2D eigenvalue weighted by Gasteiger charge is 2.17. The van der Waals surface area contributed by atoms with E-state index >= 15 is 0 Å². The minimum Gasteiger partial charge on any atom is -0.349 e. The summed E-state index contributed by atoms with van der Waals surface area (Å²) in [6.07, 6.45) is 0.0756. The molecule has 0 aliphatic carbocycles. The number of hydrogen-bond donors (Lipinski definition) is 0. The molecule has 1 saturated heterocycles. The zero-order chi connectivity index (χ0) is 9.73. The maximum atomic E-state index is 5.35. The van der Waals surface area contributed by atoms with E-state index in [4.69, 9.17) is 9.47 Å². The predicted molar refractivity (Wildman–Crippen MR) is 61.2 cm³/mol. The second-order valence-electron chi connectivity index (χ2n) is 4.56. The standard InChI is InChI=1S/C9H20O2SSi/c1-13(2,3)7-6-12-8-9-10-4-5-11-9/h9H,4-8H2,1-3H3. The SMILES string of the molecule is C[Si](C)(C)CCSCC1OCCO1.